The standard InChI is InChI=1S/C11H7FN2O/c1-2-5-14-11(15)10-6-9(12)4-3-8(10)7-13/h1,3-4,6H,5H2,(H,14,15). The number of nitrogens with one attached hydrogen (secondary N) is 1. The second-order valence-electron chi connectivity index (χ2n) is 2.69. The van der Waals surface area contributed by atoms with Crippen molar-refractivity contribution < 1.29 is 9.18 Å². The van der Waals surface area contributed by atoms with E-state index in [1.165, 1.54) is 6.07 Å². The SMILES string of the molecule is C#CCNC(=O)c1cc(F)ccc1C#N. The van der Waals surface area contributed by atoms with E-state index in [1.54, 1.807) is 6.07 Å². The Hall–Kier alpha value is -2.33. The van der Waals surface area contributed by atoms with Crippen molar-refractivity contribution in [3.63, 3.8) is 0 Å². The summed E-state index contributed by atoms with van der Waals surface area (Å²) in [6.45, 7) is 0.0419. The first-order valence-electron chi connectivity index (χ1n) is 4.10. The molecule has 0 aliphatic rings. The number of carbonyl (C=O) groups excluding carboxylic acids is 1. The Labute approximate surface area is 86.5 Å². The Morgan fingerprint density at radius 3 is 2.93 bits per heavy atom. The largest absolute Gasteiger partial charge is 0.341 e. The van der Waals surface area contributed by atoms with Crippen LogP contribution in [0, 0.1) is 29.5 Å². The Balaban J connectivity index is 3.03. The number of nitriles is 1. The van der Waals surface area contributed by atoms with Gasteiger partial charge in [0.2, 0.25) is 0 Å². The third kappa shape index (κ3) is 2.55. The van der Waals surface area contributed by atoms with Crippen LogP contribution in [-0.4, -0.2) is 12.5 Å². The number of hydrogen-bond acceptors (Lipinski definition) is 2. The summed E-state index contributed by atoms with van der Waals surface area (Å²) >= 11 is 0. The van der Waals surface area contributed by atoms with Gasteiger partial charge in [-0.3, -0.25) is 4.79 Å². The van der Waals surface area contributed by atoms with E-state index in [0.29, 0.717) is 0 Å². The molecule has 0 saturated heterocycles. The average molecular weight is 202 g/mol. The van der Waals surface area contributed by atoms with Crippen molar-refractivity contribution in [3.05, 3.63) is 35.1 Å². The van der Waals surface area contributed by atoms with E-state index < -0.39 is 11.7 Å². The summed E-state index contributed by atoms with van der Waals surface area (Å²) in [5.74, 6) is 1.09. The van der Waals surface area contributed by atoms with Gasteiger partial charge in [-0.15, -0.1) is 6.42 Å². The Kier molecular flexibility index (Phi) is 3.43. The fourth-order valence-electron chi connectivity index (χ4n) is 1.03. The summed E-state index contributed by atoms with van der Waals surface area (Å²) in [5, 5.41) is 11.0. The van der Waals surface area contributed by atoms with E-state index >= 15 is 0 Å². The summed E-state index contributed by atoms with van der Waals surface area (Å²) in [4.78, 5) is 11.4. The summed E-state index contributed by atoms with van der Waals surface area (Å²) in [6, 6.07) is 5.18. The van der Waals surface area contributed by atoms with Gasteiger partial charge in [-0.2, -0.15) is 5.26 Å². The maximum absolute atomic E-state index is 12.8. The lowest BCUT2D eigenvalue weighted by atomic mass is 10.1. The molecule has 15 heavy (non-hydrogen) atoms. The number of rotatable bonds is 2. The molecular formula is C11H7FN2O. The van der Waals surface area contributed by atoms with E-state index in [0.717, 1.165) is 12.1 Å². The maximum atomic E-state index is 12.8. The lowest BCUT2D eigenvalue weighted by Crippen LogP contribution is -2.24. The molecule has 3 nitrogen and oxygen atoms in total. The Morgan fingerprint density at radius 1 is 1.60 bits per heavy atom. The molecule has 1 rings (SSSR count). The van der Waals surface area contributed by atoms with E-state index in [-0.39, 0.29) is 17.7 Å². The van der Waals surface area contributed by atoms with Crippen molar-refractivity contribution >= 4 is 5.91 Å². The normalized spacial score (nSPS) is 8.73. The molecule has 0 aliphatic carbocycles. The zero-order valence-electron chi connectivity index (χ0n) is 7.75. The smallest absolute Gasteiger partial charge is 0.253 e. The van der Waals surface area contributed by atoms with Crippen molar-refractivity contribution in [2.24, 2.45) is 0 Å². The number of nitrogens with zero attached hydrogens (tertiary/aromatic N) is 1. The molecule has 4 heteroatoms. The highest BCUT2D eigenvalue weighted by Gasteiger charge is 2.11. The molecule has 0 radical (unpaired) electrons. The molecule has 0 bridgehead atoms. The van der Waals surface area contributed by atoms with Crippen LogP contribution in [0.5, 0.6) is 0 Å². The summed E-state index contributed by atoms with van der Waals surface area (Å²) in [6.07, 6.45) is 4.95. The lowest BCUT2D eigenvalue weighted by molar-refractivity contribution is 0.0958. The molecule has 0 unspecified atom stereocenters. The van der Waals surface area contributed by atoms with E-state index in [2.05, 4.69) is 11.2 Å². The quantitative estimate of drug-likeness (QED) is 0.729. The zero-order chi connectivity index (χ0) is 11.3. The predicted octanol–water partition coefficient (Wildman–Crippen LogP) is 1.06. The molecule has 0 fully saturated rings. The van der Waals surface area contributed by atoms with Crippen molar-refractivity contribution in [1.29, 1.82) is 5.26 Å². The predicted molar refractivity (Wildman–Crippen MR) is 52.3 cm³/mol. The highest BCUT2D eigenvalue weighted by atomic mass is 19.1. The second kappa shape index (κ2) is 4.78. The summed E-state index contributed by atoms with van der Waals surface area (Å²) < 4.78 is 12.8. The van der Waals surface area contributed by atoms with Crippen LogP contribution in [0.1, 0.15) is 15.9 Å². The Morgan fingerprint density at radius 2 is 2.33 bits per heavy atom. The molecular weight excluding hydrogens is 195 g/mol. The first-order chi connectivity index (χ1) is 7.19. The van der Waals surface area contributed by atoms with Crippen molar-refractivity contribution in [2.75, 3.05) is 6.54 Å². The second-order valence-corrected chi connectivity index (χ2v) is 2.69. The molecule has 74 valence electrons. The molecule has 1 N–H and O–H groups in total. The average Bonchev–Trinajstić information content (AvgIpc) is 2.25. The van der Waals surface area contributed by atoms with E-state index in [9.17, 15) is 9.18 Å². The van der Waals surface area contributed by atoms with Crippen LogP contribution in [0.2, 0.25) is 0 Å². The highest BCUT2D eigenvalue weighted by molar-refractivity contribution is 5.96. The monoisotopic (exact) mass is 202 g/mol. The van der Waals surface area contributed by atoms with Gasteiger partial charge in [0.15, 0.2) is 0 Å². The van der Waals surface area contributed by atoms with Gasteiger partial charge in [-0.25, -0.2) is 4.39 Å². The first-order valence-corrected chi connectivity index (χ1v) is 4.10. The fourth-order valence-corrected chi connectivity index (χ4v) is 1.03. The number of amides is 1. The first kappa shape index (κ1) is 10.7. The molecule has 0 heterocycles. The van der Waals surface area contributed by atoms with E-state index in [4.69, 9.17) is 11.7 Å². The molecule has 1 amide bonds. The number of benzene rings is 1. The van der Waals surface area contributed by atoms with Crippen molar-refractivity contribution in [1.82, 2.24) is 5.32 Å². The number of halogens is 1. The van der Waals surface area contributed by atoms with Crippen molar-refractivity contribution in [3.8, 4) is 18.4 Å². The van der Waals surface area contributed by atoms with Gasteiger partial charge in [-0.05, 0) is 18.2 Å². The van der Waals surface area contributed by atoms with Crippen LogP contribution in [0.3, 0.4) is 0 Å². The molecule has 1 aromatic rings. The van der Waals surface area contributed by atoms with Gasteiger partial charge in [0.1, 0.15) is 5.82 Å². The molecule has 0 aliphatic heterocycles. The minimum absolute atomic E-state index is 0.00671. The van der Waals surface area contributed by atoms with Gasteiger partial charge in [-0.1, -0.05) is 5.92 Å². The Bertz CT molecular complexity index is 468. The summed E-state index contributed by atoms with van der Waals surface area (Å²) in [5.41, 5.74) is 0.110. The van der Waals surface area contributed by atoms with Crippen LogP contribution >= 0.6 is 0 Å². The molecule has 0 aromatic heterocycles. The van der Waals surface area contributed by atoms with Gasteiger partial charge in [0.25, 0.3) is 5.91 Å². The van der Waals surface area contributed by atoms with Crippen LogP contribution in [0.25, 0.3) is 0 Å². The third-order valence-corrected chi connectivity index (χ3v) is 1.70. The van der Waals surface area contributed by atoms with Crippen LogP contribution < -0.4 is 5.32 Å². The molecule has 0 saturated carbocycles. The minimum Gasteiger partial charge on any atom is -0.341 e. The lowest BCUT2D eigenvalue weighted by Gasteiger charge is -2.03. The molecule has 1 aromatic carbocycles. The van der Waals surface area contributed by atoms with Gasteiger partial charge in [0.05, 0.1) is 23.7 Å². The highest BCUT2D eigenvalue weighted by Crippen LogP contribution is 2.10. The van der Waals surface area contributed by atoms with Crippen LogP contribution in [0.15, 0.2) is 18.2 Å². The van der Waals surface area contributed by atoms with Crippen LogP contribution in [-0.2, 0) is 0 Å². The maximum Gasteiger partial charge on any atom is 0.253 e. The molecule has 0 atom stereocenters. The third-order valence-electron chi connectivity index (χ3n) is 1.70. The molecule has 0 spiro atoms. The van der Waals surface area contributed by atoms with Crippen molar-refractivity contribution in [2.45, 2.75) is 0 Å². The van der Waals surface area contributed by atoms with Crippen LogP contribution in [0.4, 0.5) is 4.39 Å². The minimum atomic E-state index is -0.570. The number of carbonyl (C=O) groups is 1. The number of hydrogen-bond donors (Lipinski definition) is 1. The fraction of sp³-hybridized carbons (Fsp3) is 0.0909. The van der Waals surface area contributed by atoms with Gasteiger partial charge in [0, 0.05) is 0 Å². The van der Waals surface area contributed by atoms with E-state index in [1.807, 2.05) is 0 Å². The number of terminal acetylenes is 1. The van der Waals surface area contributed by atoms with Gasteiger partial charge >= 0.3 is 0 Å². The summed E-state index contributed by atoms with van der Waals surface area (Å²) in [7, 11) is 0. The van der Waals surface area contributed by atoms with Gasteiger partial charge < -0.3 is 5.32 Å². The zero-order valence-corrected chi connectivity index (χ0v) is 7.75. The topological polar surface area (TPSA) is 52.9 Å².